The first-order valence-corrected chi connectivity index (χ1v) is 6.79. The number of carbonyl (C=O) groups is 1. The van der Waals surface area contributed by atoms with E-state index in [0.29, 0.717) is 6.04 Å². The Labute approximate surface area is 114 Å². The summed E-state index contributed by atoms with van der Waals surface area (Å²) in [7, 11) is 2.10. The molecule has 0 bridgehead atoms. The van der Waals surface area contributed by atoms with Crippen molar-refractivity contribution in [2.24, 2.45) is 0 Å². The average molecular weight is 262 g/mol. The third-order valence-corrected chi connectivity index (χ3v) is 3.73. The second-order valence-electron chi connectivity index (χ2n) is 5.23. The van der Waals surface area contributed by atoms with Crippen LogP contribution in [0.3, 0.4) is 0 Å². The Hall–Kier alpha value is -1.39. The summed E-state index contributed by atoms with van der Waals surface area (Å²) < 4.78 is 0. The summed E-state index contributed by atoms with van der Waals surface area (Å²) in [5.41, 5.74) is 1.83. The third kappa shape index (κ3) is 3.33. The van der Waals surface area contributed by atoms with E-state index in [1.165, 1.54) is 0 Å². The molecule has 104 valence electrons. The average Bonchev–Trinajstić information content (AvgIpc) is 2.39. The van der Waals surface area contributed by atoms with Crippen molar-refractivity contribution in [1.29, 1.82) is 0 Å². The molecule has 1 N–H and O–H groups in total. The van der Waals surface area contributed by atoms with E-state index in [-0.39, 0.29) is 12.4 Å². The van der Waals surface area contributed by atoms with Gasteiger partial charge in [-0.1, -0.05) is 12.1 Å². The zero-order valence-electron chi connectivity index (χ0n) is 11.7. The molecule has 0 aromatic heterocycles. The zero-order valence-corrected chi connectivity index (χ0v) is 11.7. The highest BCUT2D eigenvalue weighted by atomic mass is 16.3. The Kier molecular flexibility index (Phi) is 4.56. The number of benzene rings is 1. The summed E-state index contributed by atoms with van der Waals surface area (Å²) in [4.78, 5) is 16.1. The van der Waals surface area contributed by atoms with Gasteiger partial charge in [-0.15, -0.1) is 0 Å². The van der Waals surface area contributed by atoms with E-state index in [4.69, 9.17) is 0 Å². The van der Waals surface area contributed by atoms with Crippen LogP contribution >= 0.6 is 0 Å². The molecule has 1 unspecified atom stereocenters. The van der Waals surface area contributed by atoms with Crippen molar-refractivity contribution >= 4 is 11.5 Å². The number of aliphatic hydroxyl groups excluding tert-OH is 1. The fourth-order valence-corrected chi connectivity index (χ4v) is 2.65. The Morgan fingerprint density at radius 1 is 1.42 bits per heavy atom. The van der Waals surface area contributed by atoms with Crippen molar-refractivity contribution in [2.45, 2.75) is 19.4 Å². The van der Waals surface area contributed by atoms with Crippen LogP contribution in [0.2, 0.25) is 0 Å². The number of rotatable bonds is 4. The maximum atomic E-state index is 11.5. The van der Waals surface area contributed by atoms with Crippen LogP contribution in [0.25, 0.3) is 0 Å². The minimum atomic E-state index is 0.0923. The zero-order chi connectivity index (χ0) is 13.8. The molecule has 4 heteroatoms. The van der Waals surface area contributed by atoms with Gasteiger partial charge in [0.25, 0.3) is 0 Å². The number of hydrogen-bond donors (Lipinski definition) is 1. The largest absolute Gasteiger partial charge is 0.396 e. The molecule has 1 aromatic carbocycles. The first kappa shape index (κ1) is 14.0. The lowest BCUT2D eigenvalue weighted by molar-refractivity contribution is 0.101. The van der Waals surface area contributed by atoms with E-state index in [9.17, 15) is 9.90 Å². The number of anilines is 1. The number of piperazine rings is 1. The summed E-state index contributed by atoms with van der Waals surface area (Å²) in [6.45, 7) is 4.68. The highest BCUT2D eigenvalue weighted by Crippen LogP contribution is 2.23. The predicted octanol–water partition coefficient (Wildman–Crippen LogP) is 1.39. The molecule has 1 saturated heterocycles. The minimum absolute atomic E-state index is 0.0923. The summed E-state index contributed by atoms with van der Waals surface area (Å²) in [5, 5.41) is 9.21. The molecule has 1 fully saturated rings. The molecule has 1 atom stereocenters. The molecule has 19 heavy (non-hydrogen) atoms. The van der Waals surface area contributed by atoms with E-state index >= 15 is 0 Å². The number of aliphatic hydroxyl groups is 1. The Morgan fingerprint density at radius 3 is 2.89 bits per heavy atom. The van der Waals surface area contributed by atoms with Crippen LogP contribution in [0.5, 0.6) is 0 Å². The Bertz CT molecular complexity index is 448. The number of nitrogens with zero attached hydrogens (tertiary/aromatic N) is 2. The van der Waals surface area contributed by atoms with Crippen molar-refractivity contribution in [2.75, 3.05) is 38.2 Å². The SMILES string of the molecule is CC(=O)c1cccc(N2CCN(C)CC2CCO)c1. The third-order valence-electron chi connectivity index (χ3n) is 3.73. The number of ketones is 1. The quantitative estimate of drug-likeness (QED) is 0.833. The summed E-state index contributed by atoms with van der Waals surface area (Å²) in [6, 6.07) is 8.09. The van der Waals surface area contributed by atoms with Crippen molar-refractivity contribution in [3.63, 3.8) is 0 Å². The van der Waals surface area contributed by atoms with Gasteiger partial charge in [0.1, 0.15) is 0 Å². The predicted molar refractivity (Wildman–Crippen MR) is 76.8 cm³/mol. The standard InChI is InChI=1S/C15H22N2O2/c1-12(19)13-4-3-5-14(10-13)17-8-7-16(2)11-15(17)6-9-18/h3-5,10,15,18H,6-9,11H2,1-2H3. The Morgan fingerprint density at radius 2 is 2.21 bits per heavy atom. The molecule has 0 amide bonds. The monoisotopic (exact) mass is 262 g/mol. The maximum absolute atomic E-state index is 11.5. The van der Waals surface area contributed by atoms with E-state index in [1.54, 1.807) is 6.92 Å². The van der Waals surface area contributed by atoms with Crippen LogP contribution in [0, 0.1) is 0 Å². The van der Waals surface area contributed by atoms with Gasteiger partial charge in [-0.2, -0.15) is 0 Å². The smallest absolute Gasteiger partial charge is 0.159 e. The Balaban J connectivity index is 2.22. The van der Waals surface area contributed by atoms with E-state index in [1.807, 2.05) is 24.3 Å². The summed E-state index contributed by atoms with van der Waals surface area (Å²) in [5.74, 6) is 0.0923. The van der Waals surface area contributed by atoms with Gasteiger partial charge in [0.15, 0.2) is 5.78 Å². The van der Waals surface area contributed by atoms with E-state index in [2.05, 4.69) is 16.8 Å². The van der Waals surface area contributed by atoms with Crippen molar-refractivity contribution in [1.82, 2.24) is 4.90 Å². The van der Waals surface area contributed by atoms with Crippen LogP contribution in [0.15, 0.2) is 24.3 Å². The molecule has 0 aliphatic carbocycles. The molecular weight excluding hydrogens is 240 g/mol. The minimum Gasteiger partial charge on any atom is -0.396 e. The fourth-order valence-electron chi connectivity index (χ4n) is 2.65. The van der Waals surface area contributed by atoms with Crippen LogP contribution in [-0.2, 0) is 0 Å². The second kappa shape index (κ2) is 6.17. The molecule has 1 aliphatic heterocycles. The van der Waals surface area contributed by atoms with Gasteiger partial charge < -0.3 is 14.9 Å². The maximum Gasteiger partial charge on any atom is 0.159 e. The number of hydrogen-bond acceptors (Lipinski definition) is 4. The highest BCUT2D eigenvalue weighted by molar-refractivity contribution is 5.95. The van der Waals surface area contributed by atoms with Gasteiger partial charge in [-0.3, -0.25) is 4.79 Å². The summed E-state index contributed by atoms with van der Waals surface area (Å²) in [6.07, 6.45) is 0.759. The van der Waals surface area contributed by atoms with Crippen molar-refractivity contribution < 1.29 is 9.90 Å². The van der Waals surface area contributed by atoms with Gasteiger partial charge in [0.2, 0.25) is 0 Å². The van der Waals surface area contributed by atoms with E-state index in [0.717, 1.165) is 37.3 Å². The van der Waals surface area contributed by atoms with Gasteiger partial charge >= 0.3 is 0 Å². The number of Topliss-reactive ketones (excluding diaryl/α,β-unsaturated/α-hetero) is 1. The van der Waals surface area contributed by atoms with Gasteiger partial charge in [-0.05, 0) is 32.5 Å². The first-order valence-electron chi connectivity index (χ1n) is 6.79. The van der Waals surface area contributed by atoms with Gasteiger partial charge in [0.05, 0.1) is 0 Å². The molecule has 4 nitrogen and oxygen atoms in total. The van der Waals surface area contributed by atoms with Crippen LogP contribution in [0.4, 0.5) is 5.69 Å². The molecule has 0 saturated carbocycles. The first-order chi connectivity index (χ1) is 9.11. The molecule has 2 rings (SSSR count). The molecule has 1 aromatic rings. The van der Waals surface area contributed by atoms with Crippen LogP contribution < -0.4 is 4.90 Å². The highest BCUT2D eigenvalue weighted by Gasteiger charge is 2.25. The van der Waals surface area contributed by atoms with Crippen LogP contribution in [-0.4, -0.2) is 55.1 Å². The van der Waals surface area contributed by atoms with Crippen LogP contribution in [0.1, 0.15) is 23.7 Å². The number of carbonyl (C=O) groups excluding carboxylic acids is 1. The normalized spacial score (nSPS) is 20.6. The van der Waals surface area contributed by atoms with Gasteiger partial charge in [0, 0.05) is 43.5 Å². The lowest BCUT2D eigenvalue weighted by Gasteiger charge is -2.41. The topological polar surface area (TPSA) is 43.8 Å². The van der Waals surface area contributed by atoms with Crippen molar-refractivity contribution in [3.05, 3.63) is 29.8 Å². The summed E-state index contributed by atoms with van der Waals surface area (Å²) >= 11 is 0. The molecule has 0 spiro atoms. The molecule has 1 aliphatic rings. The lowest BCUT2D eigenvalue weighted by Crippen LogP contribution is -2.52. The van der Waals surface area contributed by atoms with Crippen molar-refractivity contribution in [3.8, 4) is 0 Å². The molecule has 0 radical (unpaired) electrons. The molecule has 1 heterocycles. The van der Waals surface area contributed by atoms with E-state index < -0.39 is 0 Å². The fraction of sp³-hybridized carbons (Fsp3) is 0.533. The lowest BCUT2D eigenvalue weighted by atomic mass is 10.1. The molecular formula is C15H22N2O2. The second-order valence-corrected chi connectivity index (χ2v) is 5.23. The van der Waals surface area contributed by atoms with Gasteiger partial charge in [-0.25, -0.2) is 0 Å². The number of likely N-dealkylation sites (N-methyl/N-ethyl adjacent to an activating group) is 1.